The van der Waals surface area contributed by atoms with Crippen LogP contribution in [-0.4, -0.2) is 57.4 Å². The lowest BCUT2D eigenvalue weighted by atomic mass is 10.1. The minimum Gasteiger partial charge on any atom is -0.456 e. The first kappa shape index (κ1) is 22.1. The number of hydrogen-bond acceptors (Lipinski definition) is 9. The predicted molar refractivity (Wildman–Crippen MR) is 105 cm³/mol. The van der Waals surface area contributed by atoms with Gasteiger partial charge in [0.15, 0.2) is 18.4 Å². The van der Waals surface area contributed by atoms with Gasteiger partial charge in [-0.15, -0.1) is 0 Å². The molecule has 11 nitrogen and oxygen atoms in total. The van der Waals surface area contributed by atoms with Crippen LogP contribution in [0, 0.1) is 0 Å². The summed E-state index contributed by atoms with van der Waals surface area (Å²) in [6, 6.07) is 9.74. The molecule has 0 saturated carbocycles. The molecule has 0 radical (unpaired) electrons. The van der Waals surface area contributed by atoms with E-state index in [9.17, 15) is 24.3 Å². The normalized spacial score (nSPS) is 22.5. The summed E-state index contributed by atoms with van der Waals surface area (Å²) in [4.78, 5) is 51.7. The summed E-state index contributed by atoms with van der Waals surface area (Å²) in [6.07, 6.45) is -3.25. The Bertz CT molecular complexity index is 1020. The number of aromatic nitrogens is 2. The van der Waals surface area contributed by atoms with Crippen LogP contribution in [0.1, 0.15) is 30.4 Å². The number of nitrogens with one attached hydrogen (secondary N) is 1. The zero-order valence-electron chi connectivity index (χ0n) is 16.8. The van der Waals surface area contributed by atoms with Gasteiger partial charge in [-0.2, -0.15) is 4.98 Å². The topological polar surface area (TPSA) is 146 Å². The van der Waals surface area contributed by atoms with Crippen LogP contribution in [-0.2, 0) is 23.8 Å². The lowest BCUT2D eigenvalue weighted by Crippen LogP contribution is -2.41. The van der Waals surface area contributed by atoms with Gasteiger partial charge in [0.1, 0.15) is 11.9 Å². The third-order valence-electron chi connectivity index (χ3n) is 4.45. The van der Waals surface area contributed by atoms with E-state index in [0.717, 1.165) is 18.4 Å². The van der Waals surface area contributed by atoms with Crippen molar-refractivity contribution in [1.29, 1.82) is 0 Å². The predicted octanol–water partition coefficient (Wildman–Crippen LogP) is 0.249. The van der Waals surface area contributed by atoms with Gasteiger partial charge >= 0.3 is 17.6 Å². The SMILES string of the molecule is CC(=O)O[C@H]1[C@H](OC(C)=O)[C@@H](CO)O[C@H]1n1ccc(NC(=O)c2ccccc2)nc1=O. The Morgan fingerprint density at radius 1 is 1.10 bits per heavy atom. The van der Waals surface area contributed by atoms with Gasteiger partial charge in [-0.3, -0.25) is 19.0 Å². The van der Waals surface area contributed by atoms with E-state index in [1.807, 2.05) is 0 Å². The fraction of sp³-hybridized carbons (Fsp3) is 0.350. The van der Waals surface area contributed by atoms with Crippen molar-refractivity contribution in [3.63, 3.8) is 0 Å². The minimum absolute atomic E-state index is 0.00683. The van der Waals surface area contributed by atoms with Crippen LogP contribution in [0.4, 0.5) is 5.82 Å². The van der Waals surface area contributed by atoms with Gasteiger partial charge < -0.3 is 24.6 Å². The number of esters is 2. The van der Waals surface area contributed by atoms with Crippen molar-refractivity contribution in [1.82, 2.24) is 9.55 Å². The fourth-order valence-electron chi connectivity index (χ4n) is 3.18. The highest BCUT2D eigenvalue weighted by Gasteiger charge is 2.50. The van der Waals surface area contributed by atoms with Crippen molar-refractivity contribution in [3.05, 3.63) is 58.6 Å². The first-order valence-corrected chi connectivity index (χ1v) is 9.36. The van der Waals surface area contributed by atoms with Crippen LogP contribution >= 0.6 is 0 Å². The maximum absolute atomic E-state index is 12.6. The number of carbonyl (C=O) groups excluding carboxylic acids is 3. The van der Waals surface area contributed by atoms with E-state index in [-0.39, 0.29) is 5.82 Å². The fourth-order valence-corrected chi connectivity index (χ4v) is 3.18. The first-order chi connectivity index (χ1) is 14.8. The minimum atomic E-state index is -1.20. The molecule has 0 spiro atoms. The number of anilines is 1. The molecule has 1 fully saturated rings. The summed E-state index contributed by atoms with van der Waals surface area (Å²) >= 11 is 0. The maximum atomic E-state index is 12.6. The van der Waals surface area contributed by atoms with Gasteiger partial charge in [-0.05, 0) is 18.2 Å². The summed E-state index contributed by atoms with van der Waals surface area (Å²) in [6.45, 7) is 1.77. The Morgan fingerprint density at radius 2 is 1.74 bits per heavy atom. The number of ether oxygens (including phenoxy) is 3. The number of amides is 1. The largest absolute Gasteiger partial charge is 0.456 e. The van der Waals surface area contributed by atoms with Crippen molar-refractivity contribution in [2.45, 2.75) is 38.4 Å². The van der Waals surface area contributed by atoms with Gasteiger partial charge in [0, 0.05) is 25.6 Å². The molecule has 2 heterocycles. The van der Waals surface area contributed by atoms with Crippen LogP contribution < -0.4 is 11.0 Å². The van der Waals surface area contributed by atoms with Gasteiger partial charge in [-0.25, -0.2) is 4.79 Å². The number of hydrogen-bond donors (Lipinski definition) is 2. The Morgan fingerprint density at radius 3 is 2.32 bits per heavy atom. The van der Waals surface area contributed by atoms with E-state index >= 15 is 0 Å². The molecule has 0 bridgehead atoms. The Kier molecular flexibility index (Phi) is 6.78. The zero-order valence-corrected chi connectivity index (χ0v) is 16.8. The van der Waals surface area contributed by atoms with E-state index < -0.39 is 54.7 Å². The van der Waals surface area contributed by atoms with Crippen molar-refractivity contribution in [2.75, 3.05) is 11.9 Å². The number of rotatable bonds is 6. The highest BCUT2D eigenvalue weighted by Crippen LogP contribution is 2.33. The van der Waals surface area contributed by atoms with E-state index in [0.29, 0.717) is 5.56 Å². The van der Waals surface area contributed by atoms with Crippen LogP contribution in [0.25, 0.3) is 0 Å². The van der Waals surface area contributed by atoms with Crippen molar-refractivity contribution >= 4 is 23.7 Å². The van der Waals surface area contributed by atoms with E-state index in [1.165, 1.54) is 12.3 Å². The molecule has 1 aliphatic heterocycles. The monoisotopic (exact) mass is 431 g/mol. The number of aliphatic hydroxyl groups excluding tert-OH is 1. The van der Waals surface area contributed by atoms with Gasteiger partial charge in [0.25, 0.3) is 5.91 Å². The molecule has 11 heteroatoms. The van der Waals surface area contributed by atoms with Crippen LogP contribution in [0.3, 0.4) is 0 Å². The standard InChI is InChI=1S/C20H21N3O8/c1-11(25)29-16-14(10-24)31-19(17(16)30-12(2)26)23-9-8-15(22-20(23)28)21-18(27)13-6-4-3-5-7-13/h3-9,14,16-17,19,24H,10H2,1-2H3,(H,21,22,27,28)/t14-,16-,17+,19-/m1/s1. The Hall–Kier alpha value is -3.57. The lowest BCUT2D eigenvalue weighted by Gasteiger charge is -2.23. The number of nitrogens with zero attached hydrogens (tertiary/aromatic N) is 2. The summed E-state index contributed by atoms with van der Waals surface area (Å²) in [7, 11) is 0. The zero-order chi connectivity index (χ0) is 22.5. The Labute approximate surface area is 176 Å². The first-order valence-electron chi connectivity index (χ1n) is 9.36. The summed E-state index contributed by atoms with van der Waals surface area (Å²) in [5, 5.41) is 12.1. The average molecular weight is 431 g/mol. The van der Waals surface area contributed by atoms with E-state index in [2.05, 4.69) is 10.3 Å². The average Bonchev–Trinajstić information content (AvgIpc) is 3.04. The van der Waals surface area contributed by atoms with Crippen molar-refractivity contribution in [2.24, 2.45) is 0 Å². The van der Waals surface area contributed by atoms with Crippen molar-refractivity contribution in [3.8, 4) is 0 Å². The van der Waals surface area contributed by atoms with Gasteiger partial charge in [-0.1, -0.05) is 18.2 Å². The summed E-state index contributed by atoms with van der Waals surface area (Å²) in [5.74, 6) is -1.81. The van der Waals surface area contributed by atoms with E-state index in [4.69, 9.17) is 14.2 Å². The summed E-state index contributed by atoms with van der Waals surface area (Å²) in [5.41, 5.74) is -0.425. The molecular weight excluding hydrogens is 410 g/mol. The second-order valence-electron chi connectivity index (χ2n) is 6.72. The maximum Gasteiger partial charge on any atom is 0.351 e. The molecule has 1 aromatic carbocycles. The molecule has 2 N–H and O–H groups in total. The third-order valence-corrected chi connectivity index (χ3v) is 4.45. The molecule has 0 unspecified atom stereocenters. The van der Waals surface area contributed by atoms with E-state index in [1.54, 1.807) is 30.3 Å². The molecule has 1 aromatic heterocycles. The number of benzene rings is 1. The second-order valence-corrected chi connectivity index (χ2v) is 6.72. The molecule has 0 aliphatic carbocycles. The molecule has 1 aliphatic rings. The molecule has 3 rings (SSSR count). The Balaban J connectivity index is 1.86. The quantitative estimate of drug-likeness (QED) is 0.614. The molecule has 4 atom stereocenters. The third kappa shape index (κ3) is 5.13. The smallest absolute Gasteiger partial charge is 0.351 e. The van der Waals surface area contributed by atoms with Crippen molar-refractivity contribution < 1.29 is 33.7 Å². The molecule has 1 saturated heterocycles. The second kappa shape index (κ2) is 9.49. The number of aliphatic hydroxyl groups is 1. The number of carbonyl (C=O) groups is 3. The highest BCUT2D eigenvalue weighted by molar-refractivity contribution is 6.03. The van der Waals surface area contributed by atoms with Gasteiger partial charge in [0.05, 0.1) is 6.61 Å². The molecular formula is C20H21N3O8. The summed E-state index contributed by atoms with van der Waals surface area (Å²) < 4.78 is 17.0. The van der Waals surface area contributed by atoms with Crippen LogP contribution in [0.2, 0.25) is 0 Å². The molecule has 1 amide bonds. The molecule has 31 heavy (non-hydrogen) atoms. The molecule has 164 valence electrons. The molecule has 2 aromatic rings. The van der Waals surface area contributed by atoms with Crippen LogP contribution in [0.15, 0.2) is 47.4 Å². The van der Waals surface area contributed by atoms with Gasteiger partial charge in [0.2, 0.25) is 0 Å². The van der Waals surface area contributed by atoms with Crippen LogP contribution in [0.5, 0.6) is 0 Å². The highest BCUT2D eigenvalue weighted by atomic mass is 16.6. The lowest BCUT2D eigenvalue weighted by molar-refractivity contribution is -0.165.